The number of hydrogen-bond acceptors (Lipinski definition) is 3. The highest BCUT2D eigenvalue weighted by Crippen LogP contribution is 2.12. The van der Waals surface area contributed by atoms with Crippen molar-refractivity contribution in [1.82, 2.24) is 9.44 Å². The van der Waals surface area contributed by atoms with E-state index in [1.807, 2.05) is 19.9 Å². The summed E-state index contributed by atoms with van der Waals surface area (Å²) >= 11 is 0. The Labute approximate surface area is 108 Å². The zero-order valence-electron chi connectivity index (χ0n) is 10.6. The zero-order chi connectivity index (χ0) is 13.6. The molecule has 1 rings (SSSR count). The largest absolute Gasteiger partial charge is 0.394 e. The van der Waals surface area contributed by atoms with E-state index in [0.717, 1.165) is 5.56 Å². The average molecular weight is 272 g/mol. The summed E-state index contributed by atoms with van der Waals surface area (Å²) in [5.74, 6) is 0.228. The van der Waals surface area contributed by atoms with E-state index in [9.17, 15) is 13.5 Å². The van der Waals surface area contributed by atoms with Crippen LogP contribution >= 0.6 is 0 Å². The first kappa shape index (κ1) is 15.1. The molecule has 0 aliphatic heterocycles. The van der Waals surface area contributed by atoms with Gasteiger partial charge in [0.2, 0.25) is 0 Å². The number of benzene rings is 1. The normalized spacial score (nSPS) is 13.8. The first-order valence-corrected chi connectivity index (χ1v) is 7.35. The van der Waals surface area contributed by atoms with Crippen molar-refractivity contribution in [2.24, 2.45) is 5.92 Å². The molecule has 0 unspecified atom stereocenters. The second-order valence-electron chi connectivity index (χ2n) is 4.51. The number of rotatable bonds is 7. The van der Waals surface area contributed by atoms with Crippen LogP contribution in [-0.2, 0) is 10.2 Å². The van der Waals surface area contributed by atoms with Crippen LogP contribution in [0.4, 0.5) is 0 Å². The van der Waals surface area contributed by atoms with E-state index >= 15 is 0 Å². The van der Waals surface area contributed by atoms with Crippen molar-refractivity contribution in [2.75, 3.05) is 13.2 Å². The first-order chi connectivity index (χ1) is 8.44. The summed E-state index contributed by atoms with van der Waals surface area (Å²) in [6.07, 6.45) is 0. The molecule has 0 aliphatic rings. The molecule has 0 spiro atoms. The van der Waals surface area contributed by atoms with Gasteiger partial charge >= 0.3 is 0 Å². The fourth-order valence-corrected chi connectivity index (χ4v) is 2.62. The smallest absolute Gasteiger partial charge is 0.277 e. The van der Waals surface area contributed by atoms with Crippen molar-refractivity contribution in [3.05, 3.63) is 35.9 Å². The second kappa shape index (κ2) is 6.84. The maximum absolute atomic E-state index is 11.7. The molecule has 102 valence electrons. The van der Waals surface area contributed by atoms with Gasteiger partial charge in [-0.2, -0.15) is 13.1 Å². The third-order valence-corrected chi connectivity index (χ3v) is 3.51. The number of aliphatic hydroxyl groups excluding tert-OH is 1. The molecule has 1 aromatic rings. The molecule has 0 aromatic heterocycles. The Morgan fingerprint density at radius 2 is 1.83 bits per heavy atom. The molecule has 0 amide bonds. The molecule has 5 nitrogen and oxygen atoms in total. The van der Waals surface area contributed by atoms with E-state index in [-0.39, 0.29) is 12.5 Å². The molecule has 1 atom stereocenters. The molecule has 0 saturated heterocycles. The van der Waals surface area contributed by atoms with Crippen molar-refractivity contribution >= 4 is 10.2 Å². The first-order valence-electron chi connectivity index (χ1n) is 5.87. The van der Waals surface area contributed by atoms with Gasteiger partial charge in [-0.1, -0.05) is 44.2 Å². The third-order valence-electron chi connectivity index (χ3n) is 2.36. The summed E-state index contributed by atoms with van der Waals surface area (Å²) in [6, 6.07) is 8.35. The van der Waals surface area contributed by atoms with Gasteiger partial charge in [0.25, 0.3) is 10.2 Å². The SMILES string of the molecule is CC(C)CNS(=O)(=O)N[C@@H](CO)c1ccccc1. The molecule has 3 N–H and O–H groups in total. The third kappa shape index (κ3) is 5.14. The molecule has 6 heteroatoms. The Hall–Kier alpha value is -0.950. The van der Waals surface area contributed by atoms with Crippen molar-refractivity contribution in [3.8, 4) is 0 Å². The Morgan fingerprint density at radius 3 is 2.33 bits per heavy atom. The molecular formula is C12H20N2O3S. The van der Waals surface area contributed by atoms with Crippen LogP contribution in [0.1, 0.15) is 25.5 Å². The lowest BCUT2D eigenvalue weighted by molar-refractivity contribution is 0.258. The van der Waals surface area contributed by atoms with Gasteiger partial charge < -0.3 is 5.11 Å². The lowest BCUT2D eigenvalue weighted by atomic mass is 10.1. The number of aliphatic hydroxyl groups is 1. The highest BCUT2D eigenvalue weighted by Gasteiger charge is 2.18. The predicted octanol–water partition coefficient (Wildman–Crippen LogP) is 0.800. The number of nitrogens with one attached hydrogen (secondary N) is 2. The van der Waals surface area contributed by atoms with Crippen molar-refractivity contribution in [1.29, 1.82) is 0 Å². The highest BCUT2D eigenvalue weighted by atomic mass is 32.2. The van der Waals surface area contributed by atoms with E-state index in [2.05, 4.69) is 9.44 Å². The topological polar surface area (TPSA) is 78.4 Å². The van der Waals surface area contributed by atoms with Crippen LogP contribution in [0.2, 0.25) is 0 Å². The fraction of sp³-hybridized carbons (Fsp3) is 0.500. The summed E-state index contributed by atoms with van der Waals surface area (Å²) in [7, 11) is -3.60. The highest BCUT2D eigenvalue weighted by molar-refractivity contribution is 7.87. The van der Waals surface area contributed by atoms with E-state index < -0.39 is 16.3 Å². The summed E-state index contributed by atoms with van der Waals surface area (Å²) in [5, 5.41) is 9.27. The monoisotopic (exact) mass is 272 g/mol. The van der Waals surface area contributed by atoms with Crippen LogP contribution in [0.3, 0.4) is 0 Å². The Morgan fingerprint density at radius 1 is 1.22 bits per heavy atom. The van der Waals surface area contributed by atoms with E-state index in [1.54, 1.807) is 24.3 Å². The van der Waals surface area contributed by atoms with Crippen molar-refractivity contribution < 1.29 is 13.5 Å². The van der Waals surface area contributed by atoms with Gasteiger partial charge in [0, 0.05) is 6.54 Å². The van der Waals surface area contributed by atoms with Gasteiger partial charge in [0.15, 0.2) is 0 Å². The van der Waals surface area contributed by atoms with Crippen LogP contribution < -0.4 is 9.44 Å². The van der Waals surface area contributed by atoms with Crippen LogP contribution in [-0.4, -0.2) is 26.7 Å². The second-order valence-corrected chi connectivity index (χ2v) is 6.04. The van der Waals surface area contributed by atoms with Gasteiger partial charge in [-0.25, -0.2) is 4.72 Å². The average Bonchev–Trinajstić information content (AvgIpc) is 2.35. The number of hydrogen-bond donors (Lipinski definition) is 3. The molecule has 0 bridgehead atoms. The van der Waals surface area contributed by atoms with Gasteiger partial charge in [0.1, 0.15) is 0 Å². The molecular weight excluding hydrogens is 252 g/mol. The Balaban J connectivity index is 2.69. The van der Waals surface area contributed by atoms with E-state index in [4.69, 9.17) is 0 Å². The maximum atomic E-state index is 11.7. The fourth-order valence-electron chi connectivity index (χ4n) is 1.40. The minimum Gasteiger partial charge on any atom is -0.394 e. The molecule has 1 aromatic carbocycles. The minimum atomic E-state index is -3.60. The predicted molar refractivity (Wildman–Crippen MR) is 71.2 cm³/mol. The minimum absolute atomic E-state index is 0.228. The zero-order valence-corrected chi connectivity index (χ0v) is 11.4. The maximum Gasteiger partial charge on any atom is 0.277 e. The van der Waals surface area contributed by atoms with E-state index in [0.29, 0.717) is 6.54 Å². The van der Waals surface area contributed by atoms with Gasteiger partial charge in [-0.05, 0) is 11.5 Å². The molecule has 0 radical (unpaired) electrons. The Bertz CT molecular complexity index is 446. The Kier molecular flexibility index (Phi) is 5.74. The summed E-state index contributed by atoms with van der Waals surface area (Å²) in [4.78, 5) is 0. The summed E-state index contributed by atoms with van der Waals surface area (Å²) < 4.78 is 28.4. The van der Waals surface area contributed by atoms with Crippen LogP contribution in [0.25, 0.3) is 0 Å². The molecule has 0 heterocycles. The summed E-state index contributed by atoms with van der Waals surface area (Å²) in [5.41, 5.74) is 0.731. The van der Waals surface area contributed by atoms with Crippen LogP contribution in [0, 0.1) is 5.92 Å². The molecule has 0 aliphatic carbocycles. The molecule has 0 saturated carbocycles. The van der Waals surface area contributed by atoms with Crippen molar-refractivity contribution in [3.63, 3.8) is 0 Å². The van der Waals surface area contributed by atoms with Gasteiger partial charge in [-0.3, -0.25) is 0 Å². The van der Waals surface area contributed by atoms with Gasteiger partial charge in [0.05, 0.1) is 12.6 Å². The van der Waals surface area contributed by atoms with Crippen LogP contribution in [0.5, 0.6) is 0 Å². The standard InChI is InChI=1S/C12H20N2O3S/c1-10(2)8-13-18(16,17)14-12(9-15)11-6-4-3-5-7-11/h3-7,10,12-15H,8-9H2,1-2H3/t12-/m0/s1. The van der Waals surface area contributed by atoms with Gasteiger partial charge in [-0.15, -0.1) is 0 Å². The molecule has 18 heavy (non-hydrogen) atoms. The van der Waals surface area contributed by atoms with Crippen LogP contribution in [0.15, 0.2) is 30.3 Å². The lowest BCUT2D eigenvalue weighted by Crippen LogP contribution is -2.41. The quantitative estimate of drug-likeness (QED) is 0.687. The van der Waals surface area contributed by atoms with E-state index in [1.165, 1.54) is 0 Å². The van der Waals surface area contributed by atoms with Crippen molar-refractivity contribution in [2.45, 2.75) is 19.9 Å². The lowest BCUT2D eigenvalue weighted by Gasteiger charge is -2.17. The summed E-state index contributed by atoms with van der Waals surface area (Å²) in [6.45, 7) is 3.92. The molecule has 0 fully saturated rings.